The molecule has 4 nitrogen and oxygen atoms in total. The lowest BCUT2D eigenvalue weighted by Crippen LogP contribution is -2.40. The summed E-state index contributed by atoms with van der Waals surface area (Å²) in [4.78, 5) is 25.2. The van der Waals surface area contributed by atoms with Crippen LogP contribution < -0.4 is 0 Å². The van der Waals surface area contributed by atoms with E-state index in [0.717, 1.165) is 17.5 Å². The third-order valence-corrected chi connectivity index (χ3v) is 4.39. The van der Waals surface area contributed by atoms with Gasteiger partial charge < -0.3 is 10.0 Å². The topological polar surface area (TPSA) is 57.6 Å². The van der Waals surface area contributed by atoms with Crippen LogP contribution in [0.5, 0.6) is 0 Å². The van der Waals surface area contributed by atoms with Crippen molar-refractivity contribution >= 4 is 11.9 Å². The maximum absolute atomic E-state index is 12.5. The Morgan fingerprint density at radius 1 is 1.04 bits per heavy atom. The Balaban J connectivity index is 0.00000109. The zero-order valence-corrected chi connectivity index (χ0v) is 15.0. The highest BCUT2D eigenvalue weighted by Crippen LogP contribution is 2.25. The number of nitrogens with zero attached hydrogens (tertiary/aromatic N) is 1. The zero-order valence-electron chi connectivity index (χ0n) is 15.0. The highest BCUT2D eigenvalue weighted by molar-refractivity contribution is 5.97. The highest BCUT2D eigenvalue weighted by Gasteiger charge is 2.34. The number of hydrogen-bond acceptors (Lipinski definition) is 2. The summed E-state index contributed by atoms with van der Waals surface area (Å²) in [5, 5.41) is 9.21. The molecule has 1 saturated heterocycles. The van der Waals surface area contributed by atoms with Crippen molar-refractivity contribution < 1.29 is 14.7 Å². The Bertz CT molecular complexity index is 737. The molecule has 0 spiro atoms. The van der Waals surface area contributed by atoms with Gasteiger partial charge in [0.2, 0.25) is 0 Å². The first kappa shape index (κ1) is 18.7. The molecule has 1 aliphatic rings. The van der Waals surface area contributed by atoms with Gasteiger partial charge in [0.1, 0.15) is 6.04 Å². The van der Waals surface area contributed by atoms with Gasteiger partial charge in [0, 0.05) is 12.1 Å². The molecule has 1 atom stereocenters. The fourth-order valence-corrected chi connectivity index (χ4v) is 3.12. The Morgan fingerprint density at radius 2 is 1.68 bits per heavy atom. The summed E-state index contributed by atoms with van der Waals surface area (Å²) in [7, 11) is 0. The molecule has 1 heterocycles. The van der Waals surface area contributed by atoms with Crippen LogP contribution in [-0.2, 0) is 4.79 Å². The number of likely N-dealkylation sites (tertiary alicyclic amines) is 1. The highest BCUT2D eigenvalue weighted by atomic mass is 16.4. The van der Waals surface area contributed by atoms with Crippen LogP contribution in [-0.4, -0.2) is 34.5 Å². The van der Waals surface area contributed by atoms with Crippen molar-refractivity contribution in [1.29, 1.82) is 0 Å². The number of aliphatic carboxylic acids is 1. The Hall–Kier alpha value is -2.62. The van der Waals surface area contributed by atoms with Crippen LogP contribution in [0.4, 0.5) is 0 Å². The fraction of sp³-hybridized carbons (Fsp3) is 0.333. The average molecular weight is 339 g/mol. The van der Waals surface area contributed by atoms with Crippen molar-refractivity contribution in [3.8, 4) is 11.1 Å². The van der Waals surface area contributed by atoms with E-state index in [0.29, 0.717) is 18.5 Å². The first-order valence-electron chi connectivity index (χ1n) is 8.78. The molecule has 1 fully saturated rings. The molecule has 0 radical (unpaired) electrons. The van der Waals surface area contributed by atoms with E-state index in [2.05, 4.69) is 13.0 Å². The number of amides is 1. The van der Waals surface area contributed by atoms with Gasteiger partial charge in [-0.05, 0) is 48.6 Å². The van der Waals surface area contributed by atoms with Crippen LogP contribution >= 0.6 is 0 Å². The molecule has 1 aliphatic heterocycles. The summed E-state index contributed by atoms with van der Waals surface area (Å²) in [6.07, 6.45) is 1.27. The van der Waals surface area contributed by atoms with Crippen molar-refractivity contribution in [3.05, 3.63) is 59.7 Å². The standard InChI is InChI=1S/C19H19NO3.C2H6/c1-13-5-2-3-6-16(13)14-8-10-15(11-9-14)18(21)20-12-4-7-17(20)19(22)23;1-2/h2-3,5-6,8-11,17H,4,7,12H2,1H3,(H,22,23);1-2H3/t17-;/m0./s1. The lowest BCUT2D eigenvalue weighted by Gasteiger charge is -2.21. The Morgan fingerprint density at radius 3 is 2.28 bits per heavy atom. The van der Waals surface area contributed by atoms with Crippen LogP contribution in [0.1, 0.15) is 42.6 Å². The van der Waals surface area contributed by atoms with Crippen LogP contribution in [0.15, 0.2) is 48.5 Å². The van der Waals surface area contributed by atoms with Crippen molar-refractivity contribution in [2.24, 2.45) is 0 Å². The van der Waals surface area contributed by atoms with Crippen LogP contribution in [0.25, 0.3) is 11.1 Å². The van der Waals surface area contributed by atoms with E-state index in [1.54, 1.807) is 12.1 Å². The number of aryl methyl sites for hydroxylation is 1. The largest absolute Gasteiger partial charge is 0.480 e. The molecule has 2 aromatic rings. The number of hydrogen-bond donors (Lipinski definition) is 1. The van der Waals surface area contributed by atoms with Crippen molar-refractivity contribution in [1.82, 2.24) is 4.90 Å². The molecule has 1 amide bonds. The maximum atomic E-state index is 12.5. The van der Waals surface area contributed by atoms with E-state index in [4.69, 9.17) is 0 Å². The second-order valence-corrected chi connectivity index (χ2v) is 5.89. The quantitative estimate of drug-likeness (QED) is 0.903. The van der Waals surface area contributed by atoms with Crippen molar-refractivity contribution in [2.45, 2.75) is 39.7 Å². The number of carbonyl (C=O) groups excluding carboxylic acids is 1. The molecule has 0 aromatic heterocycles. The van der Waals surface area contributed by atoms with Gasteiger partial charge in [0.25, 0.3) is 5.91 Å². The summed E-state index contributed by atoms with van der Waals surface area (Å²) < 4.78 is 0. The third-order valence-electron chi connectivity index (χ3n) is 4.39. The van der Waals surface area contributed by atoms with E-state index >= 15 is 0 Å². The van der Waals surface area contributed by atoms with Gasteiger partial charge in [-0.15, -0.1) is 0 Å². The predicted octanol–water partition coefficient (Wildman–Crippen LogP) is 4.38. The zero-order chi connectivity index (χ0) is 18.4. The van der Waals surface area contributed by atoms with Gasteiger partial charge in [-0.25, -0.2) is 4.79 Å². The SMILES string of the molecule is CC.Cc1ccccc1-c1ccc(C(=O)N2CCC[C@H]2C(=O)O)cc1. The van der Waals surface area contributed by atoms with Crippen LogP contribution in [0, 0.1) is 6.92 Å². The molecule has 0 aliphatic carbocycles. The maximum Gasteiger partial charge on any atom is 0.326 e. The average Bonchev–Trinajstić information content (AvgIpc) is 3.13. The van der Waals surface area contributed by atoms with Gasteiger partial charge in [-0.3, -0.25) is 4.79 Å². The molecule has 132 valence electrons. The molecule has 3 rings (SSSR count). The summed E-state index contributed by atoms with van der Waals surface area (Å²) in [5.74, 6) is -1.13. The third kappa shape index (κ3) is 4.08. The molecule has 0 unspecified atom stereocenters. The lowest BCUT2D eigenvalue weighted by molar-refractivity contribution is -0.141. The summed E-state index contributed by atoms with van der Waals surface area (Å²) >= 11 is 0. The minimum atomic E-state index is -0.924. The fourth-order valence-electron chi connectivity index (χ4n) is 3.12. The number of carbonyl (C=O) groups is 2. The van der Waals surface area contributed by atoms with Crippen LogP contribution in [0.3, 0.4) is 0 Å². The number of rotatable bonds is 3. The first-order valence-corrected chi connectivity index (χ1v) is 8.78. The minimum absolute atomic E-state index is 0.203. The predicted molar refractivity (Wildman–Crippen MR) is 99.7 cm³/mol. The Kier molecular flexibility index (Phi) is 6.34. The first-order chi connectivity index (χ1) is 12.1. The second-order valence-electron chi connectivity index (χ2n) is 5.89. The molecule has 2 aromatic carbocycles. The minimum Gasteiger partial charge on any atom is -0.480 e. The summed E-state index contributed by atoms with van der Waals surface area (Å²) in [5.41, 5.74) is 3.90. The van der Waals surface area contributed by atoms with Gasteiger partial charge in [0.05, 0.1) is 0 Å². The summed E-state index contributed by atoms with van der Waals surface area (Å²) in [6, 6.07) is 14.8. The van der Waals surface area contributed by atoms with Gasteiger partial charge >= 0.3 is 5.97 Å². The Labute approximate surface area is 149 Å². The normalized spacial score (nSPS) is 16.1. The lowest BCUT2D eigenvalue weighted by atomic mass is 9.99. The van der Waals surface area contributed by atoms with E-state index < -0.39 is 12.0 Å². The van der Waals surface area contributed by atoms with E-state index in [-0.39, 0.29) is 5.91 Å². The molecule has 4 heteroatoms. The number of benzene rings is 2. The van der Waals surface area contributed by atoms with Gasteiger partial charge in [-0.2, -0.15) is 0 Å². The van der Waals surface area contributed by atoms with E-state index in [1.165, 1.54) is 10.5 Å². The van der Waals surface area contributed by atoms with Gasteiger partial charge in [-0.1, -0.05) is 50.2 Å². The van der Waals surface area contributed by atoms with E-state index in [1.807, 2.05) is 44.2 Å². The molecule has 25 heavy (non-hydrogen) atoms. The second kappa shape index (κ2) is 8.47. The van der Waals surface area contributed by atoms with Gasteiger partial charge in [0.15, 0.2) is 0 Å². The number of carboxylic acids is 1. The molecule has 1 N–H and O–H groups in total. The molecule has 0 saturated carbocycles. The monoisotopic (exact) mass is 339 g/mol. The molecular formula is C21H25NO3. The smallest absolute Gasteiger partial charge is 0.326 e. The molecular weight excluding hydrogens is 314 g/mol. The van der Waals surface area contributed by atoms with Crippen LogP contribution in [0.2, 0.25) is 0 Å². The van der Waals surface area contributed by atoms with E-state index in [9.17, 15) is 14.7 Å². The van der Waals surface area contributed by atoms with Crippen molar-refractivity contribution in [2.75, 3.05) is 6.54 Å². The number of carboxylic acid groups (broad SMARTS) is 1. The summed E-state index contributed by atoms with van der Waals surface area (Å²) in [6.45, 7) is 6.56. The van der Waals surface area contributed by atoms with Crippen molar-refractivity contribution in [3.63, 3.8) is 0 Å². The molecule has 0 bridgehead atoms.